The van der Waals surface area contributed by atoms with Gasteiger partial charge in [-0.2, -0.15) is 0 Å². The lowest BCUT2D eigenvalue weighted by Crippen LogP contribution is -2.20. The molecule has 0 bridgehead atoms. The van der Waals surface area contributed by atoms with Crippen LogP contribution < -0.4 is 0 Å². The molecular formula is C9H9NO2. The average molecular weight is 164 g/mol. The van der Waals surface area contributed by atoms with Gasteiger partial charge in [-0.1, -0.05) is 18.2 Å². The molecule has 1 heterocycles. The second-order valence-electron chi connectivity index (χ2n) is 2.64. The van der Waals surface area contributed by atoms with Crippen LogP contribution in [0.3, 0.4) is 0 Å². The zero-order valence-corrected chi connectivity index (χ0v) is 6.31. The van der Waals surface area contributed by atoms with Crippen molar-refractivity contribution in [2.75, 3.05) is 0 Å². The molecule has 2 atom stereocenters. The lowest BCUT2D eigenvalue weighted by molar-refractivity contribution is 0.0440. The first-order chi connectivity index (χ1) is 6.11. The standard InChI is InChI=1S/C9H9NO2/c11-7-4-3-6-2-1-5-10-8(6)9(7)12/h1-5,7,9,11-12H/t7-,9+/m1/s1/i7D. The highest BCUT2D eigenvalue weighted by molar-refractivity contribution is 5.55. The van der Waals surface area contributed by atoms with Crippen molar-refractivity contribution in [1.29, 1.82) is 0 Å². The Bertz CT molecular complexity index is 362. The maximum absolute atomic E-state index is 9.54. The molecule has 0 radical (unpaired) electrons. The van der Waals surface area contributed by atoms with Crippen LogP contribution in [-0.2, 0) is 0 Å². The highest BCUT2D eigenvalue weighted by atomic mass is 16.3. The van der Waals surface area contributed by atoms with Crippen molar-refractivity contribution in [3.05, 3.63) is 35.7 Å². The molecule has 0 saturated carbocycles. The van der Waals surface area contributed by atoms with E-state index in [1.54, 1.807) is 18.2 Å². The second-order valence-corrected chi connectivity index (χ2v) is 2.64. The first-order valence-corrected chi connectivity index (χ1v) is 3.66. The van der Waals surface area contributed by atoms with Crippen molar-refractivity contribution >= 4 is 6.08 Å². The van der Waals surface area contributed by atoms with Crippen molar-refractivity contribution in [3.8, 4) is 0 Å². The first-order valence-electron chi connectivity index (χ1n) is 4.16. The molecule has 0 unspecified atom stereocenters. The Morgan fingerprint density at radius 1 is 1.50 bits per heavy atom. The van der Waals surface area contributed by atoms with Crippen LogP contribution in [0.2, 0.25) is 0 Å². The van der Waals surface area contributed by atoms with Crippen LogP contribution in [0.5, 0.6) is 0 Å². The van der Waals surface area contributed by atoms with E-state index in [0.29, 0.717) is 5.69 Å². The summed E-state index contributed by atoms with van der Waals surface area (Å²) in [7, 11) is 0. The molecule has 0 aromatic carbocycles. The van der Waals surface area contributed by atoms with Gasteiger partial charge in [0, 0.05) is 6.20 Å². The third kappa shape index (κ3) is 1.03. The summed E-state index contributed by atoms with van der Waals surface area (Å²) in [4.78, 5) is 3.91. The smallest absolute Gasteiger partial charge is 0.126 e. The molecule has 62 valence electrons. The lowest BCUT2D eigenvalue weighted by atomic mass is 9.98. The SMILES string of the molecule is [2H][C@@]1(O)C=Cc2cccnc2[C@H]1O. The van der Waals surface area contributed by atoms with Gasteiger partial charge < -0.3 is 10.2 Å². The molecular weight excluding hydrogens is 154 g/mol. The molecule has 0 saturated heterocycles. The fourth-order valence-electron chi connectivity index (χ4n) is 1.21. The molecule has 1 aliphatic carbocycles. The van der Waals surface area contributed by atoms with Gasteiger partial charge in [0.25, 0.3) is 0 Å². The van der Waals surface area contributed by atoms with E-state index in [-0.39, 0.29) is 0 Å². The van der Waals surface area contributed by atoms with Gasteiger partial charge in [0.1, 0.15) is 12.2 Å². The van der Waals surface area contributed by atoms with Gasteiger partial charge in [0.05, 0.1) is 7.06 Å². The van der Waals surface area contributed by atoms with Gasteiger partial charge in [0.2, 0.25) is 0 Å². The van der Waals surface area contributed by atoms with Gasteiger partial charge in [-0.25, -0.2) is 0 Å². The topological polar surface area (TPSA) is 53.4 Å². The Morgan fingerprint density at radius 3 is 3.17 bits per heavy atom. The number of aliphatic hydroxyl groups is 2. The fourth-order valence-corrected chi connectivity index (χ4v) is 1.21. The molecule has 2 rings (SSSR count). The summed E-state index contributed by atoms with van der Waals surface area (Å²) >= 11 is 0. The zero-order chi connectivity index (χ0) is 9.47. The van der Waals surface area contributed by atoms with E-state index in [1.807, 2.05) is 0 Å². The molecule has 2 N–H and O–H groups in total. The largest absolute Gasteiger partial charge is 0.386 e. The number of hydrogen-bond acceptors (Lipinski definition) is 3. The predicted octanol–water partition coefficient (Wildman–Crippen LogP) is 0.503. The molecule has 1 aromatic heterocycles. The maximum atomic E-state index is 9.54. The Morgan fingerprint density at radius 2 is 2.33 bits per heavy atom. The van der Waals surface area contributed by atoms with Gasteiger partial charge in [0.15, 0.2) is 0 Å². The van der Waals surface area contributed by atoms with E-state index in [4.69, 9.17) is 1.37 Å². The molecule has 0 aliphatic heterocycles. The Kier molecular flexibility index (Phi) is 1.42. The zero-order valence-electron chi connectivity index (χ0n) is 7.31. The third-order valence-electron chi connectivity index (χ3n) is 1.84. The molecule has 1 aromatic rings. The lowest BCUT2D eigenvalue weighted by Gasteiger charge is -2.19. The highest BCUT2D eigenvalue weighted by Gasteiger charge is 2.22. The van der Waals surface area contributed by atoms with E-state index in [1.165, 1.54) is 12.3 Å². The maximum Gasteiger partial charge on any atom is 0.126 e. The molecule has 0 amide bonds. The average Bonchev–Trinajstić information content (AvgIpc) is 2.13. The van der Waals surface area contributed by atoms with Crippen molar-refractivity contribution in [1.82, 2.24) is 4.98 Å². The minimum absolute atomic E-state index is 0.350. The van der Waals surface area contributed by atoms with Gasteiger partial charge in [-0.3, -0.25) is 4.98 Å². The molecule has 12 heavy (non-hydrogen) atoms. The molecule has 0 spiro atoms. The molecule has 3 nitrogen and oxygen atoms in total. The normalized spacial score (nSPS) is 34.2. The molecule has 1 aliphatic rings. The summed E-state index contributed by atoms with van der Waals surface area (Å²) in [5.74, 6) is 0. The fraction of sp³-hybridized carbons (Fsp3) is 0.222. The van der Waals surface area contributed by atoms with Crippen LogP contribution >= 0.6 is 0 Å². The summed E-state index contributed by atoms with van der Waals surface area (Å²) in [5.41, 5.74) is 1.09. The highest BCUT2D eigenvalue weighted by Crippen LogP contribution is 2.25. The number of pyridine rings is 1. The number of aliphatic hydroxyl groups excluding tert-OH is 1. The van der Waals surface area contributed by atoms with Crippen LogP contribution in [0.25, 0.3) is 6.08 Å². The minimum atomic E-state index is -1.96. The Labute approximate surface area is 71.4 Å². The van der Waals surface area contributed by atoms with Crippen molar-refractivity contribution in [2.24, 2.45) is 0 Å². The minimum Gasteiger partial charge on any atom is -0.386 e. The molecule has 3 heteroatoms. The van der Waals surface area contributed by atoms with Crippen molar-refractivity contribution in [2.45, 2.75) is 12.2 Å². The van der Waals surface area contributed by atoms with Crippen LogP contribution in [0.4, 0.5) is 0 Å². The Hall–Kier alpha value is -1.19. The summed E-state index contributed by atoms with van der Waals surface area (Å²) in [6.07, 6.45) is 1.14. The van der Waals surface area contributed by atoms with E-state index >= 15 is 0 Å². The first kappa shape index (κ1) is 6.34. The van der Waals surface area contributed by atoms with E-state index in [0.717, 1.165) is 5.56 Å². The number of hydrogen-bond donors (Lipinski definition) is 2. The second kappa shape index (κ2) is 2.69. The van der Waals surface area contributed by atoms with Gasteiger partial charge in [-0.05, 0) is 11.6 Å². The van der Waals surface area contributed by atoms with Crippen molar-refractivity contribution < 1.29 is 11.6 Å². The molecule has 0 fully saturated rings. The van der Waals surface area contributed by atoms with Crippen molar-refractivity contribution in [3.63, 3.8) is 0 Å². The Balaban J connectivity index is 2.55. The van der Waals surface area contributed by atoms with Gasteiger partial charge >= 0.3 is 0 Å². The van der Waals surface area contributed by atoms with Crippen LogP contribution in [0.15, 0.2) is 24.4 Å². The predicted molar refractivity (Wildman–Crippen MR) is 44.2 cm³/mol. The van der Waals surface area contributed by atoms with Gasteiger partial charge in [-0.15, -0.1) is 0 Å². The number of aromatic nitrogens is 1. The third-order valence-corrected chi connectivity index (χ3v) is 1.84. The summed E-state index contributed by atoms with van der Waals surface area (Å²) in [6, 6.07) is 3.52. The number of fused-ring (bicyclic) bond motifs is 1. The summed E-state index contributed by atoms with van der Waals surface area (Å²) < 4.78 is 7.34. The van der Waals surface area contributed by atoms with Crippen LogP contribution in [-0.4, -0.2) is 21.3 Å². The summed E-state index contributed by atoms with van der Waals surface area (Å²) in [6.45, 7) is 0. The summed E-state index contributed by atoms with van der Waals surface area (Å²) in [5, 5.41) is 18.9. The van der Waals surface area contributed by atoms with E-state index < -0.39 is 12.2 Å². The van der Waals surface area contributed by atoms with Crippen LogP contribution in [0, 0.1) is 0 Å². The number of nitrogens with zero attached hydrogens (tertiary/aromatic N) is 1. The van der Waals surface area contributed by atoms with Crippen LogP contribution in [0.1, 0.15) is 18.7 Å². The number of rotatable bonds is 0. The quantitative estimate of drug-likeness (QED) is 0.587. The van der Waals surface area contributed by atoms with E-state index in [2.05, 4.69) is 4.98 Å². The monoisotopic (exact) mass is 164 g/mol. The van der Waals surface area contributed by atoms with E-state index in [9.17, 15) is 10.2 Å².